The van der Waals surface area contributed by atoms with E-state index in [0.29, 0.717) is 24.9 Å². The number of carbonyl (C=O) groups excluding carboxylic acids is 3. The Kier molecular flexibility index (Phi) is 40.2. The van der Waals surface area contributed by atoms with Crippen LogP contribution in [-0.4, -0.2) is 30.6 Å². The smallest absolute Gasteiger partial charge is 0.142 e. The average molecular weight is 615 g/mol. The third-order valence-corrected chi connectivity index (χ3v) is 6.43. The summed E-state index contributed by atoms with van der Waals surface area (Å²) in [6.45, 7) is 25.4. The van der Waals surface area contributed by atoms with E-state index in [1.807, 2.05) is 13.8 Å². The summed E-state index contributed by atoms with van der Waals surface area (Å²) < 4.78 is 0. The van der Waals surface area contributed by atoms with Crippen molar-refractivity contribution in [1.82, 2.24) is 0 Å². The van der Waals surface area contributed by atoms with Crippen LogP contribution in [0.4, 0.5) is 0 Å². The molecular formula is C40H70O4. The molecule has 0 heterocycles. The van der Waals surface area contributed by atoms with Gasteiger partial charge in [-0.1, -0.05) is 71.6 Å². The van der Waals surface area contributed by atoms with Crippen molar-refractivity contribution < 1.29 is 19.5 Å². The van der Waals surface area contributed by atoms with E-state index in [-0.39, 0.29) is 0 Å². The van der Waals surface area contributed by atoms with Crippen LogP contribution in [0.5, 0.6) is 0 Å². The molecule has 0 saturated carbocycles. The number of aliphatic hydroxyl groups is 1. The van der Waals surface area contributed by atoms with Crippen molar-refractivity contribution in [2.75, 3.05) is 6.61 Å². The number of allylic oxidation sites excluding steroid dienone is 12. The monoisotopic (exact) mass is 615 g/mol. The first-order valence-electron chi connectivity index (χ1n) is 16.5. The fraction of sp³-hybridized carbons (Fsp3) is 0.625. The molecule has 0 aromatic heterocycles. The summed E-state index contributed by atoms with van der Waals surface area (Å²) in [6, 6.07) is 0. The van der Waals surface area contributed by atoms with Crippen molar-refractivity contribution in [3.05, 3.63) is 69.9 Å². The van der Waals surface area contributed by atoms with Gasteiger partial charge in [-0.05, 0) is 151 Å². The summed E-state index contributed by atoms with van der Waals surface area (Å²) in [5.41, 5.74) is 7.73. The summed E-state index contributed by atoms with van der Waals surface area (Å²) >= 11 is 0. The van der Waals surface area contributed by atoms with Gasteiger partial charge in [0.2, 0.25) is 0 Å². The van der Waals surface area contributed by atoms with Crippen LogP contribution < -0.4 is 0 Å². The maximum Gasteiger partial charge on any atom is 0.142 e. The van der Waals surface area contributed by atoms with Gasteiger partial charge in [-0.2, -0.15) is 0 Å². The molecule has 4 heteroatoms. The quantitative estimate of drug-likeness (QED) is 0.0947. The van der Waals surface area contributed by atoms with Gasteiger partial charge in [0, 0.05) is 13.0 Å². The van der Waals surface area contributed by atoms with Gasteiger partial charge in [0.25, 0.3) is 0 Å². The second-order valence-corrected chi connectivity index (χ2v) is 12.8. The van der Waals surface area contributed by atoms with Crippen molar-refractivity contribution in [2.45, 2.75) is 147 Å². The van der Waals surface area contributed by atoms with E-state index in [0.717, 1.165) is 81.4 Å². The number of rotatable bonds is 18. The van der Waals surface area contributed by atoms with Crippen molar-refractivity contribution in [2.24, 2.45) is 11.8 Å². The van der Waals surface area contributed by atoms with E-state index in [1.54, 1.807) is 12.2 Å². The summed E-state index contributed by atoms with van der Waals surface area (Å²) in [6.07, 6.45) is 25.1. The average Bonchev–Trinajstić information content (AvgIpc) is 2.90. The molecule has 0 aliphatic carbocycles. The lowest BCUT2D eigenvalue weighted by molar-refractivity contribution is -0.108. The highest BCUT2D eigenvalue weighted by Crippen LogP contribution is 2.11. The van der Waals surface area contributed by atoms with Gasteiger partial charge in [0.15, 0.2) is 0 Å². The van der Waals surface area contributed by atoms with E-state index in [1.165, 1.54) is 28.7 Å². The van der Waals surface area contributed by atoms with Crippen LogP contribution in [0.2, 0.25) is 0 Å². The second kappa shape index (κ2) is 36.6. The molecule has 0 aromatic rings. The summed E-state index contributed by atoms with van der Waals surface area (Å²) in [5, 5.41) is 8.63. The zero-order valence-electron chi connectivity index (χ0n) is 30.8. The highest BCUT2D eigenvalue weighted by Gasteiger charge is 1.99. The molecule has 0 aromatic carbocycles. The molecule has 1 N–H and O–H groups in total. The molecule has 0 fully saturated rings. The van der Waals surface area contributed by atoms with Gasteiger partial charge in [-0.25, -0.2) is 0 Å². The van der Waals surface area contributed by atoms with E-state index < -0.39 is 0 Å². The van der Waals surface area contributed by atoms with Crippen molar-refractivity contribution >= 4 is 18.9 Å². The summed E-state index contributed by atoms with van der Waals surface area (Å²) in [7, 11) is 0. The summed E-state index contributed by atoms with van der Waals surface area (Å²) in [5.74, 6) is 1.21. The first kappa shape index (κ1) is 48.3. The van der Waals surface area contributed by atoms with Gasteiger partial charge in [0.1, 0.15) is 18.9 Å². The van der Waals surface area contributed by atoms with Crippen molar-refractivity contribution in [3.8, 4) is 0 Å². The Morgan fingerprint density at radius 3 is 1.16 bits per heavy atom. The minimum atomic E-state index is 0.329. The van der Waals surface area contributed by atoms with Gasteiger partial charge >= 0.3 is 0 Å². The van der Waals surface area contributed by atoms with Crippen LogP contribution in [0.3, 0.4) is 0 Å². The standard InChI is InChI=1S/C10H20O.C10H18O.2C10H16O/c4*1-9(2)5-4-6-10(3)7-8-11/h5,10-11H,4,6-8H2,1-3H3;5,8,10H,4,6-7H2,1-3H3;2*5,7-8H,4,6H2,1-3H3/b;;10-7+;10-7-. The topological polar surface area (TPSA) is 71.4 Å². The second-order valence-electron chi connectivity index (χ2n) is 12.8. The van der Waals surface area contributed by atoms with E-state index >= 15 is 0 Å². The molecule has 0 rings (SSSR count). The van der Waals surface area contributed by atoms with Crippen molar-refractivity contribution in [3.63, 3.8) is 0 Å². The fourth-order valence-electron chi connectivity index (χ4n) is 3.54. The minimum absolute atomic E-state index is 0.329. The lowest BCUT2D eigenvalue weighted by Gasteiger charge is -2.06. The third-order valence-electron chi connectivity index (χ3n) is 6.43. The van der Waals surface area contributed by atoms with E-state index in [9.17, 15) is 14.4 Å². The SMILES string of the molecule is CC(C)=CCC/C(C)=C/C=O.CC(C)=CCC/C(C)=C\C=O.CC(C)=CCCC(C)CC=O.CC(C)=CCCC(C)CCO. The molecule has 0 aliphatic heterocycles. The van der Waals surface area contributed by atoms with Gasteiger partial charge < -0.3 is 9.90 Å². The Morgan fingerprint density at radius 1 is 0.523 bits per heavy atom. The van der Waals surface area contributed by atoms with Gasteiger partial charge in [0.05, 0.1) is 0 Å². The largest absolute Gasteiger partial charge is 0.396 e. The van der Waals surface area contributed by atoms with Crippen LogP contribution in [0.15, 0.2) is 69.9 Å². The highest BCUT2D eigenvalue weighted by molar-refractivity contribution is 5.66. The maximum atomic E-state index is 10.1. The van der Waals surface area contributed by atoms with E-state index in [4.69, 9.17) is 5.11 Å². The van der Waals surface area contributed by atoms with Crippen LogP contribution >= 0.6 is 0 Å². The van der Waals surface area contributed by atoms with Crippen LogP contribution in [0, 0.1) is 11.8 Å². The zero-order valence-corrected chi connectivity index (χ0v) is 30.8. The molecule has 0 amide bonds. The molecule has 44 heavy (non-hydrogen) atoms. The number of aldehydes is 3. The lowest BCUT2D eigenvalue weighted by Crippen LogP contribution is -1.96. The third kappa shape index (κ3) is 52.1. The fourth-order valence-corrected chi connectivity index (χ4v) is 3.54. The molecule has 0 spiro atoms. The Bertz CT molecular complexity index is 838. The predicted molar refractivity (Wildman–Crippen MR) is 195 cm³/mol. The van der Waals surface area contributed by atoms with Gasteiger partial charge in [-0.15, -0.1) is 0 Å². The molecule has 254 valence electrons. The minimum Gasteiger partial charge on any atom is -0.396 e. The van der Waals surface area contributed by atoms with E-state index in [2.05, 4.69) is 93.5 Å². The predicted octanol–water partition coefficient (Wildman–Crippen LogP) is 11.5. The first-order chi connectivity index (χ1) is 20.7. The normalized spacial score (nSPS) is 11.8. The molecule has 4 nitrogen and oxygen atoms in total. The molecular weight excluding hydrogens is 544 g/mol. The molecule has 0 saturated heterocycles. The Balaban J connectivity index is -0.000000242. The van der Waals surface area contributed by atoms with Crippen LogP contribution in [0.25, 0.3) is 0 Å². The molecule has 2 unspecified atom stereocenters. The van der Waals surface area contributed by atoms with Crippen molar-refractivity contribution in [1.29, 1.82) is 0 Å². The highest BCUT2D eigenvalue weighted by atomic mass is 16.3. The number of aliphatic hydroxyl groups excluding tert-OH is 1. The Morgan fingerprint density at radius 2 is 0.864 bits per heavy atom. The number of hydrogen-bond acceptors (Lipinski definition) is 4. The van der Waals surface area contributed by atoms with Gasteiger partial charge in [-0.3, -0.25) is 9.59 Å². The molecule has 0 bridgehead atoms. The Hall–Kier alpha value is -2.59. The zero-order chi connectivity index (χ0) is 34.8. The number of carbonyl (C=O) groups is 3. The molecule has 0 radical (unpaired) electrons. The first-order valence-corrected chi connectivity index (χ1v) is 16.5. The van der Waals surface area contributed by atoms with Crippen LogP contribution in [0.1, 0.15) is 147 Å². The molecule has 2 atom stereocenters. The number of hydrogen-bond donors (Lipinski definition) is 1. The Labute approximate surface area is 273 Å². The molecule has 0 aliphatic rings. The lowest BCUT2D eigenvalue weighted by atomic mass is 10.0. The summed E-state index contributed by atoms with van der Waals surface area (Å²) in [4.78, 5) is 30.1. The van der Waals surface area contributed by atoms with Crippen LogP contribution in [-0.2, 0) is 14.4 Å². The maximum absolute atomic E-state index is 10.1.